The molecular weight excluding hydrogens is 320 g/mol. The van der Waals surface area contributed by atoms with E-state index in [0.717, 1.165) is 21.5 Å². The van der Waals surface area contributed by atoms with E-state index in [-0.39, 0.29) is 0 Å². The summed E-state index contributed by atoms with van der Waals surface area (Å²) in [6.45, 7) is 0. The number of nitrogens with zero attached hydrogens (tertiary/aromatic N) is 1. The first-order valence-electron chi connectivity index (χ1n) is 6.79. The van der Waals surface area contributed by atoms with Crippen molar-refractivity contribution in [3.05, 3.63) is 28.2 Å². The van der Waals surface area contributed by atoms with Crippen LogP contribution in [0.4, 0.5) is 5.88 Å². The Kier molecular flexibility index (Phi) is 3.70. The molecule has 0 amide bonds. The summed E-state index contributed by atoms with van der Waals surface area (Å²) >= 11 is 3.59. The number of methoxy groups -OCH3 is 1. The maximum absolute atomic E-state index is 5.60. The minimum absolute atomic E-state index is 0.328. The minimum atomic E-state index is 0.328. The lowest BCUT2D eigenvalue weighted by Crippen LogP contribution is -1.99. The normalized spacial score (nSPS) is 15.7. The summed E-state index contributed by atoms with van der Waals surface area (Å²) in [5.41, 5.74) is 8.61. The molecule has 1 aliphatic rings. The van der Waals surface area contributed by atoms with Crippen LogP contribution in [0, 0.1) is 0 Å². The topological polar surface area (TPSA) is 61.3 Å². The summed E-state index contributed by atoms with van der Waals surface area (Å²) in [5.74, 6) is 1.82. The van der Waals surface area contributed by atoms with E-state index in [0.29, 0.717) is 11.8 Å². The van der Waals surface area contributed by atoms with Crippen molar-refractivity contribution >= 4 is 21.8 Å². The van der Waals surface area contributed by atoms with E-state index < -0.39 is 0 Å². The van der Waals surface area contributed by atoms with Gasteiger partial charge in [0.25, 0.3) is 0 Å². The average molecular weight is 337 g/mol. The third-order valence-electron chi connectivity index (χ3n) is 3.90. The zero-order valence-electron chi connectivity index (χ0n) is 11.4. The van der Waals surface area contributed by atoms with Crippen LogP contribution >= 0.6 is 15.9 Å². The number of anilines is 1. The molecule has 0 saturated heterocycles. The largest absolute Gasteiger partial charge is 0.495 e. The molecule has 4 nitrogen and oxygen atoms in total. The van der Waals surface area contributed by atoms with Crippen LogP contribution < -0.4 is 10.5 Å². The average Bonchev–Trinajstić information content (AvgIpc) is 3.08. The van der Waals surface area contributed by atoms with Crippen LogP contribution in [0.15, 0.2) is 27.2 Å². The third-order valence-corrected chi connectivity index (χ3v) is 4.48. The van der Waals surface area contributed by atoms with Crippen LogP contribution in [0.25, 0.3) is 11.3 Å². The van der Waals surface area contributed by atoms with Crippen molar-refractivity contribution < 1.29 is 9.26 Å². The molecule has 1 heterocycles. The molecule has 1 fully saturated rings. The summed E-state index contributed by atoms with van der Waals surface area (Å²) in [6.07, 6.45) is 5.00. The summed E-state index contributed by atoms with van der Waals surface area (Å²) in [4.78, 5) is 0. The number of benzene rings is 1. The van der Waals surface area contributed by atoms with Crippen LogP contribution in [0.3, 0.4) is 0 Å². The Balaban J connectivity index is 2.08. The van der Waals surface area contributed by atoms with Gasteiger partial charge in [0.05, 0.1) is 11.6 Å². The number of hydrogen-bond acceptors (Lipinski definition) is 4. The predicted octanol–water partition coefficient (Wildman–Crippen LogP) is 4.35. The lowest BCUT2D eigenvalue weighted by molar-refractivity contribution is 0.403. The Morgan fingerprint density at radius 3 is 2.65 bits per heavy atom. The molecule has 1 aromatic heterocycles. The SMILES string of the molecule is COc1c(Br)cc(-c2cc(N)on2)cc1C1CCCC1. The van der Waals surface area contributed by atoms with E-state index in [1.807, 2.05) is 6.07 Å². The van der Waals surface area contributed by atoms with Crippen molar-refractivity contribution in [2.45, 2.75) is 31.6 Å². The first kappa shape index (κ1) is 13.5. The number of hydrogen-bond donors (Lipinski definition) is 1. The number of ether oxygens (including phenoxy) is 1. The quantitative estimate of drug-likeness (QED) is 0.904. The lowest BCUT2D eigenvalue weighted by atomic mass is 9.94. The van der Waals surface area contributed by atoms with Crippen LogP contribution in [0.1, 0.15) is 37.2 Å². The van der Waals surface area contributed by atoms with Gasteiger partial charge in [0, 0.05) is 11.6 Å². The number of aromatic nitrogens is 1. The molecule has 20 heavy (non-hydrogen) atoms. The van der Waals surface area contributed by atoms with Crippen molar-refractivity contribution in [3.63, 3.8) is 0 Å². The van der Waals surface area contributed by atoms with Gasteiger partial charge in [-0.3, -0.25) is 0 Å². The van der Waals surface area contributed by atoms with Gasteiger partial charge >= 0.3 is 0 Å². The van der Waals surface area contributed by atoms with Gasteiger partial charge in [0.2, 0.25) is 5.88 Å². The van der Waals surface area contributed by atoms with Gasteiger partial charge in [-0.05, 0) is 52.4 Å². The van der Waals surface area contributed by atoms with Gasteiger partial charge in [-0.1, -0.05) is 18.0 Å². The Bertz CT molecular complexity index is 618. The van der Waals surface area contributed by atoms with E-state index in [1.54, 1.807) is 13.2 Å². The molecule has 0 bridgehead atoms. The third kappa shape index (κ3) is 2.42. The van der Waals surface area contributed by atoms with E-state index in [9.17, 15) is 0 Å². The van der Waals surface area contributed by atoms with E-state index in [2.05, 4.69) is 27.2 Å². The molecule has 0 unspecified atom stereocenters. The summed E-state index contributed by atoms with van der Waals surface area (Å²) in [6, 6.07) is 5.89. The van der Waals surface area contributed by atoms with E-state index in [1.165, 1.54) is 31.2 Å². The van der Waals surface area contributed by atoms with Crippen LogP contribution in [-0.2, 0) is 0 Å². The molecule has 0 aliphatic heterocycles. The van der Waals surface area contributed by atoms with Gasteiger partial charge < -0.3 is 15.0 Å². The molecule has 2 aromatic rings. The molecule has 0 spiro atoms. The number of rotatable bonds is 3. The van der Waals surface area contributed by atoms with Gasteiger partial charge in [0.15, 0.2) is 0 Å². The van der Waals surface area contributed by atoms with Gasteiger partial charge in [-0.15, -0.1) is 0 Å². The Morgan fingerprint density at radius 2 is 2.05 bits per heavy atom. The molecule has 0 radical (unpaired) electrons. The van der Waals surface area contributed by atoms with Gasteiger partial charge in [-0.2, -0.15) is 0 Å². The first-order chi connectivity index (χ1) is 9.69. The van der Waals surface area contributed by atoms with Gasteiger partial charge in [0.1, 0.15) is 11.4 Å². The van der Waals surface area contributed by atoms with Crippen LogP contribution in [0.5, 0.6) is 5.75 Å². The standard InChI is InChI=1S/C15H17BrN2O2/c1-19-15-11(9-4-2-3-5-9)6-10(7-12(15)16)13-8-14(17)20-18-13/h6-9H,2-5,17H2,1H3. The maximum Gasteiger partial charge on any atom is 0.222 e. The summed E-state index contributed by atoms with van der Waals surface area (Å²) in [7, 11) is 1.71. The first-order valence-corrected chi connectivity index (χ1v) is 7.58. The highest BCUT2D eigenvalue weighted by Crippen LogP contribution is 2.44. The van der Waals surface area contributed by atoms with Crippen LogP contribution in [0.2, 0.25) is 0 Å². The maximum atomic E-state index is 5.60. The highest BCUT2D eigenvalue weighted by Gasteiger charge is 2.23. The van der Waals surface area contributed by atoms with Gasteiger partial charge in [-0.25, -0.2) is 0 Å². The fourth-order valence-corrected chi connectivity index (χ4v) is 3.58. The zero-order chi connectivity index (χ0) is 14.1. The van der Waals surface area contributed by atoms with Crippen molar-refractivity contribution in [3.8, 4) is 17.0 Å². The monoisotopic (exact) mass is 336 g/mol. The number of halogens is 1. The zero-order valence-corrected chi connectivity index (χ0v) is 12.9. The van der Waals surface area contributed by atoms with Crippen molar-refractivity contribution in [1.82, 2.24) is 5.16 Å². The smallest absolute Gasteiger partial charge is 0.222 e. The van der Waals surface area contributed by atoms with Crippen LogP contribution in [-0.4, -0.2) is 12.3 Å². The molecule has 2 N–H and O–H groups in total. The minimum Gasteiger partial charge on any atom is -0.495 e. The second-order valence-electron chi connectivity index (χ2n) is 5.18. The van der Waals surface area contributed by atoms with Crippen molar-refractivity contribution in [2.75, 3.05) is 12.8 Å². The number of nitrogens with two attached hydrogens (primary N) is 1. The highest BCUT2D eigenvalue weighted by atomic mass is 79.9. The molecule has 0 atom stereocenters. The second kappa shape index (κ2) is 5.48. The Morgan fingerprint density at radius 1 is 1.30 bits per heavy atom. The predicted molar refractivity (Wildman–Crippen MR) is 81.8 cm³/mol. The van der Waals surface area contributed by atoms with E-state index in [4.69, 9.17) is 15.0 Å². The summed E-state index contributed by atoms with van der Waals surface area (Å²) in [5, 5.41) is 3.99. The molecule has 106 valence electrons. The second-order valence-corrected chi connectivity index (χ2v) is 6.03. The summed E-state index contributed by atoms with van der Waals surface area (Å²) < 4.78 is 11.5. The Labute approximate surface area is 126 Å². The molecule has 1 aromatic carbocycles. The van der Waals surface area contributed by atoms with Crippen molar-refractivity contribution in [2.24, 2.45) is 0 Å². The molecule has 1 saturated carbocycles. The fraction of sp³-hybridized carbons (Fsp3) is 0.400. The van der Waals surface area contributed by atoms with E-state index >= 15 is 0 Å². The molecule has 5 heteroatoms. The fourth-order valence-electron chi connectivity index (χ4n) is 2.94. The molecular formula is C15H17BrN2O2. The lowest BCUT2D eigenvalue weighted by Gasteiger charge is -2.17. The Hall–Kier alpha value is -1.49. The number of nitrogen functional groups attached to an aromatic ring is 1. The highest BCUT2D eigenvalue weighted by molar-refractivity contribution is 9.10. The van der Waals surface area contributed by atoms with Crippen molar-refractivity contribution in [1.29, 1.82) is 0 Å². The molecule has 1 aliphatic carbocycles. The molecule has 3 rings (SSSR count).